The van der Waals surface area contributed by atoms with E-state index in [1.807, 2.05) is 49.4 Å². The molecule has 0 fully saturated rings. The minimum absolute atomic E-state index is 0.148. The van der Waals surface area contributed by atoms with Crippen LogP contribution in [0.1, 0.15) is 5.56 Å². The maximum Gasteiger partial charge on any atom is 0.339 e. The van der Waals surface area contributed by atoms with Crippen molar-refractivity contribution >= 4 is 10.1 Å². The highest BCUT2D eigenvalue weighted by atomic mass is 32.2. The van der Waals surface area contributed by atoms with Crippen LogP contribution in [0, 0.1) is 6.92 Å². The summed E-state index contributed by atoms with van der Waals surface area (Å²) in [6, 6.07) is 23.5. The number of hydrogen-bond acceptors (Lipinski definition) is 3. The standard InChI is InChI=1S/C19H16O3S/c1-15-7-13-19(14-8-15)23(20,21)22-18-11-9-17(10-12-18)16-5-3-2-4-6-16/h2-14H,1H3. The van der Waals surface area contributed by atoms with E-state index in [1.54, 1.807) is 36.4 Å². The average Bonchev–Trinajstić information content (AvgIpc) is 2.56. The van der Waals surface area contributed by atoms with E-state index in [2.05, 4.69) is 0 Å². The fourth-order valence-electron chi connectivity index (χ4n) is 2.21. The molecular weight excluding hydrogens is 308 g/mol. The zero-order valence-corrected chi connectivity index (χ0v) is 13.5. The van der Waals surface area contributed by atoms with E-state index in [0.29, 0.717) is 5.75 Å². The Morgan fingerprint density at radius 2 is 1.26 bits per heavy atom. The Morgan fingerprint density at radius 1 is 0.696 bits per heavy atom. The first-order valence-electron chi connectivity index (χ1n) is 7.21. The van der Waals surface area contributed by atoms with Gasteiger partial charge in [0.25, 0.3) is 0 Å². The normalized spacial score (nSPS) is 11.2. The topological polar surface area (TPSA) is 43.4 Å². The molecule has 0 atom stereocenters. The molecule has 0 unspecified atom stereocenters. The van der Waals surface area contributed by atoms with Gasteiger partial charge in [0.1, 0.15) is 10.6 Å². The van der Waals surface area contributed by atoms with Crippen LogP contribution in [0.5, 0.6) is 5.75 Å². The van der Waals surface area contributed by atoms with Gasteiger partial charge in [-0.05, 0) is 42.3 Å². The zero-order valence-electron chi connectivity index (χ0n) is 12.6. The Kier molecular flexibility index (Phi) is 4.17. The maximum atomic E-state index is 12.2. The Labute approximate surface area is 136 Å². The van der Waals surface area contributed by atoms with Gasteiger partial charge < -0.3 is 4.18 Å². The van der Waals surface area contributed by atoms with Gasteiger partial charge in [-0.2, -0.15) is 8.42 Å². The molecule has 0 radical (unpaired) electrons. The first kappa shape index (κ1) is 15.3. The van der Waals surface area contributed by atoms with Gasteiger partial charge in [-0.25, -0.2) is 0 Å². The summed E-state index contributed by atoms with van der Waals surface area (Å²) in [7, 11) is -3.81. The predicted molar refractivity (Wildman–Crippen MR) is 90.9 cm³/mol. The molecule has 116 valence electrons. The number of aryl methyl sites for hydroxylation is 1. The summed E-state index contributed by atoms with van der Waals surface area (Å²) < 4.78 is 29.7. The van der Waals surface area contributed by atoms with E-state index in [9.17, 15) is 8.42 Å². The molecule has 0 heterocycles. The highest BCUT2D eigenvalue weighted by Crippen LogP contribution is 2.24. The Bertz CT molecular complexity index is 882. The van der Waals surface area contributed by atoms with Gasteiger partial charge in [0.15, 0.2) is 0 Å². The number of benzene rings is 3. The van der Waals surface area contributed by atoms with Crippen LogP contribution in [0.4, 0.5) is 0 Å². The second-order valence-electron chi connectivity index (χ2n) is 5.24. The molecule has 3 nitrogen and oxygen atoms in total. The van der Waals surface area contributed by atoms with Crippen LogP contribution >= 0.6 is 0 Å². The van der Waals surface area contributed by atoms with Crippen LogP contribution in [0.2, 0.25) is 0 Å². The van der Waals surface area contributed by atoms with Crippen molar-refractivity contribution in [2.24, 2.45) is 0 Å². The number of rotatable bonds is 4. The van der Waals surface area contributed by atoms with Crippen molar-refractivity contribution in [3.63, 3.8) is 0 Å². The first-order valence-corrected chi connectivity index (χ1v) is 8.62. The van der Waals surface area contributed by atoms with Crippen molar-refractivity contribution in [3.8, 4) is 16.9 Å². The van der Waals surface area contributed by atoms with Crippen LogP contribution in [-0.2, 0) is 10.1 Å². The molecule has 0 spiro atoms. The third kappa shape index (κ3) is 3.60. The van der Waals surface area contributed by atoms with Gasteiger partial charge in [0.05, 0.1) is 0 Å². The predicted octanol–water partition coefficient (Wildman–Crippen LogP) is 4.43. The van der Waals surface area contributed by atoms with Crippen molar-refractivity contribution in [2.75, 3.05) is 0 Å². The smallest absolute Gasteiger partial charge is 0.339 e. The Hall–Kier alpha value is -2.59. The average molecular weight is 324 g/mol. The molecular formula is C19H16O3S. The molecule has 3 aromatic carbocycles. The van der Waals surface area contributed by atoms with Gasteiger partial charge in [-0.15, -0.1) is 0 Å². The van der Waals surface area contributed by atoms with E-state index >= 15 is 0 Å². The van der Waals surface area contributed by atoms with Crippen molar-refractivity contribution in [2.45, 2.75) is 11.8 Å². The fraction of sp³-hybridized carbons (Fsp3) is 0.0526. The van der Waals surface area contributed by atoms with Gasteiger partial charge in [-0.3, -0.25) is 0 Å². The van der Waals surface area contributed by atoms with Gasteiger partial charge >= 0.3 is 10.1 Å². The summed E-state index contributed by atoms with van der Waals surface area (Å²) in [5.41, 5.74) is 3.07. The SMILES string of the molecule is Cc1ccc(S(=O)(=O)Oc2ccc(-c3ccccc3)cc2)cc1. The summed E-state index contributed by atoms with van der Waals surface area (Å²) in [5.74, 6) is 0.297. The third-order valence-corrected chi connectivity index (χ3v) is 4.74. The molecule has 0 saturated carbocycles. The van der Waals surface area contributed by atoms with Crippen molar-refractivity contribution in [1.29, 1.82) is 0 Å². The van der Waals surface area contributed by atoms with E-state index in [0.717, 1.165) is 16.7 Å². The van der Waals surface area contributed by atoms with E-state index in [1.165, 1.54) is 0 Å². The van der Waals surface area contributed by atoms with Crippen LogP contribution < -0.4 is 4.18 Å². The van der Waals surface area contributed by atoms with Gasteiger partial charge in [0, 0.05) is 0 Å². The van der Waals surface area contributed by atoms with Crippen molar-refractivity contribution < 1.29 is 12.6 Å². The van der Waals surface area contributed by atoms with E-state index in [4.69, 9.17) is 4.18 Å². The maximum absolute atomic E-state index is 12.2. The summed E-state index contributed by atoms with van der Waals surface area (Å²) >= 11 is 0. The molecule has 0 aliphatic rings. The van der Waals surface area contributed by atoms with Crippen LogP contribution in [-0.4, -0.2) is 8.42 Å². The van der Waals surface area contributed by atoms with Crippen LogP contribution in [0.15, 0.2) is 83.8 Å². The summed E-state index contributed by atoms with van der Waals surface area (Å²) in [5, 5.41) is 0. The molecule has 0 saturated heterocycles. The lowest BCUT2D eigenvalue weighted by atomic mass is 10.1. The number of hydrogen-bond donors (Lipinski definition) is 0. The zero-order chi connectivity index (χ0) is 16.3. The fourth-order valence-corrected chi connectivity index (χ4v) is 3.14. The highest BCUT2D eigenvalue weighted by Gasteiger charge is 2.16. The molecule has 4 heteroatoms. The molecule has 0 aromatic heterocycles. The van der Waals surface area contributed by atoms with Crippen molar-refractivity contribution in [1.82, 2.24) is 0 Å². The molecule has 23 heavy (non-hydrogen) atoms. The summed E-state index contributed by atoms with van der Waals surface area (Å²) in [6.45, 7) is 1.90. The van der Waals surface area contributed by atoms with Crippen molar-refractivity contribution in [3.05, 3.63) is 84.4 Å². The van der Waals surface area contributed by atoms with E-state index in [-0.39, 0.29) is 4.90 Å². The van der Waals surface area contributed by atoms with Crippen LogP contribution in [0.25, 0.3) is 11.1 Å². The minimum atomic E-state index is -3.81. The lowest BCUT2D eigenvalue weighted by Gasteiger charge is -2.08. The Morgan fingerprint density at radius 3 is 1.87 bits per heavy atom. The van der Waals surface area contributed by atoms with Gasteiger partial charge in [-0.1, -0.05) is 60.2 Å². The molecule has 0 bridgehead atoms. The summed E-state index contributed by atoms with van der Waals surface area (Å²) in [6.07, 6.45) is 0. The lowest BCUT2D eigenvalue weighted by molar-refractivity contribution is 0.486. The third-order valence-electron chi connectivity index (χ3n) is 3.48. The molecule has 0 aliphatic carbocycles. The molecule has 3 aromatic rings. The largest absolute Gasteiger partial charge is 0.379 e. The highest BCUT2D eigenvalue weighted by molar-refractivity contribution is 7.87. The first-order chi connectivity index (χ1) is 11.0. The molecule has 0 N–H and O–H groups in total. The monoisotopic (exact) mass is 324 g/mol. The second kappa shape index (κ2) is 6.26. The molecule has 0 aliphatic heterocycles. The molecule has 3 rings (SSSR count). The lowest BCUT2D eigenvalue weighted by Crippen LogP contribution is -2.09. The summed E-state index contributed by atoms with van der Waals surface area (Å²) in [4.78, 5) is 0.148. The Balaban J connectivity index is 1.82. The van der Waals surface area contributed by atoms with E-state index < -0.39 is 10.1 Å². The molecule has 0 amide bonds. The minimum Gasteiger partial charge on any atom is -0.379 e. The van der Waals surface area contributed by atoms with Gasteiger partial charge in [0.2, 0.25) is 0 Å². The quantitative estimate of drug-likeness (QED) is 0.667. The second-order valence-corrected chi connectivity index (χ2v) is 6.79. The van der Waals surface area contributed by atoms with Crippen LogP contribution in [0.3, 0.4) is 0 Å².